The monoisotopic (exact) mass is 473 g/mol. The van der Waals surface area contributed by atoms with E-state index < -0.39 is 22.0 Å². The molecule has 0 aromatic heterocycles. The summed E-state index contributed by atoms with van der Waals surface area (Å²) in [4.78, 5) is 25.7. The summed E-state index contributed by atoms with van der Waals surface area (Å²) in [6.07, 6.45) is 0. The van der Waals surface area contributed by atoms with E-state index >= 15 is 0 Å². The third kappa shape index (κ3) is 6.40. The maximum Gasteiger partial charge on any atom is 0.251 e. The first kappa shape index (κ1) is 24.9. The van der Waals surface area contributed by atoms with E-state index in [1.165, 1.54) is 28.6 Å². The van der Waals surface area contributed by atoms with E-state index in [-0.39, 0.29) is 35.4 Å². The molecule has 1 aliphatic heterocycles. The second-order valence-electron chi connectivity index (χ2n) is 8.44. The summed E-state index contributed by atoms with van der Waals surface area (Å²) in [6.45, 7) is 7.26. The van der Waals surface area contributed by atoms with Crippen LogP contribution in [-0.4, -0.2) is 56.9 Å². The minimum absolute atomic E-state index is 0.0435. The quantitative estimate of drug-likeness (QED) is 0.611. The molecule has 2 N–H and O–H groups in total. The summed E-state index contributed by atoms with van der Waals surface area (Å²) in [5, 5.41) is 5.62. The number of morpholine rings is 1. The Balaban J connectivity index is 1.69. The number of hydrogen-bond donors (Lipinski definition) is 2. The minimum Gasteiger partial charge on any atom is -0.379 e. The molecule has 1 aliphatic rings. The van der Waals surface area contributed by atoms with Gasteiger partial charge in [0.05, 0.1) is 18.1 Å². The predicted molar refractivity (Wildman–Crippen MR) is 125 cm³/mol. The molecular weight excluding hydrogens is 442 g/mol. The van der Waals surface area contributed by atoms with Crippen molar-refractivity contribution in [2.24, 2.45) is 5.92 Å². The molecule has 0 unspecified atom stereocenters. The van der Waals surface area contributed by atoms with Crippen molar-refractivity contribution >= 4 is 21.8 Å². The van der Waals surface area contributed by atoms with Crippen molar-refractivity contribution < 1.29 is 22.7 Å². The molecule has 0 aliphatic carbocycles. The number of nitrogens with zero attached hydrogens (tertiary/aromatic N) is 1. The Morgan fingerprint density at radius 2 is 1.73 bits per heavy atom. The van der Waals surface area contributed by atoms with Crippen LogP contribution in [0.4, 0.5) is 0 Å². The van der Waals surface area contributed by atoms with Gasteiger partial charge < -0.3 is 15.4 Å². The lowest BCUT2D eigenvalue weighted by Crippen LogP contribution is -2.49. The highest BCUT2D eigenvalue weighted by Gasteiger charge is 2.28. The van der Waals surface area contributed by atoms with Crippen LogP contribution in [0.15, 0.2) is 53.4 Å². The van der Waals surface area contributed by atoms with Crippen molar-refractivity contribution in [1.29, 1.82) is 0 Å². The van der Waals surface area contributed by atoms with E-state index in [2.05, 4.69) is 10.6 Å². The van der Waals surface area contributed by atoms with E-state index in [1.54, 1.807) is 0 Å². The molecule has 2 aromatic rings. The zero-order valence-corrected chi connectivity index (χ0v) is 20.0. The van der Waals surface area contributed by atoms with Gasteiger partial charge >= 0.3 is 0 Å². The van der Waals surface area contributed by atoms with E-state index in [4.69, 9.17) is 4.74 Å². The molecule has 1 fully saturated rings. The van der Waals surface area contributed by atoms with Crippen LogP contribution in [0.2, 0.25) is 0 Å². The lowest BCUT2D eigenvalue weighted by atomic mass is 10.0. The van der Waals surface area contributed by atoms with Crippen molar-refractivity contribution in [2.45, 2.75) is 38.3 Å². The molecule has 1 heterocycles. The molecular formula is C24H31N3O5S. The van der Waals surface area contributed by atoms with Gasteiger partial charge in [-0.1, -0.05) is 49.7 Å². The highest BCUT2D eigenvalue weighted by molar-refractivity contribution is 7.89. The minimum atomic E-state index is -3.73. The molecule has 2 aromatic carbocycles. The Morgan fingerprint density at radius 3 is 2.36 bits per heavy atom. The van der Waals surface area contributed by atoms with Gasteiger partial charge in [0.15, 0.2) is 0 Å². The summed E-state index contributed by atoms with van der Waals surface area (Å²) in [6, 6.07) is 13.0. The highest BCUT2D eigenvalue weighted by atomic mass is 32.2. The number of hydrogen-bond acceptors (Lipinski definition) is 5. The number of benzene rings is 2. The van der Waals surface area contributed by atoms with Crippen LogP contribution < -0.4 is 10.6 Å². The molecule has 8 nitrogen and oxygen atoms in total. The fourth-order valence-corrected chi connectivity index (χ4v) is 4.95. The molecule has 0 radical (unpaired) electrons. The van der Waals surface area contributed by atoms with E-state index in [0.29, 0.717) is 19.8 Å². The number of carbonyl (C=O) groups is 2. The van der Waals surface area contributed by atoms with Gasteiger partial charge in [-0.3, -0.25) is 9.59 Å². The van der Waals surface area contributed by atoms with Crippen LogP contribution >= 0.6 is 0 Å². The summed E-state index contributed by atoms with van der Waals surface area (Å²) >= 11 is 0. The van der Waals surface area contributed by atoms with Crippen LogP contribution in [-0.2, 0) is 26.1 Å². The maximum atomic E-state index is 12.9. The predicted octanol–water partition coefficient (Wildman–Crippen LogP) is 2.09. The maximum absolute atomic E-state index is 12.9. The molecule has 3 rings (SSSR count). The second kappa shape index (κ2) is 10.9. The largest absolute Gasteiger partial charge is 0.379 e. The molecule has 0 bridgehead atoms. The number of ether oxygens (including phenoxy) is 1. The van der Waals surface area contributed by atoms with E-state index in [9.17, 15) is 18.0 Å². The van der Waals surface area contributed by atoms with Crippen LogP contribution in [0, 0.1) is 12.8 Å². The topological polar surface area (TPSA) is 105 Å². The third-order valence-electron chi connectivity index (χ3n) is 5.53. The van der Waals surface area contributed by atoms with Crippen LogP contribution in [0.5, 0.6) is 0 Å². The number of nitrogens with one attached hydrogen (secondary N) is 2. The van der Waals surface area contributed by atoms with Gasteiger partial charge in [0, 0.05) is 25.2 Å². The number of aryl methyl sites for hydroxylation is 1. The van der Waals surface area contributed by atoms with Crippen LogP contribution in [0.25, 0.3) is 0 Å². The molecule has 0 spiro atoms. The normalized spacial score (nSPS) is 15.8. The van der Waals surface area contributed by atoms with Gasteiger partial charge in [0.1, 0.15) is 6.04 Å². The molecule has 1 saturated heterocycles. The molecule has 178 valence electrons. The Labute approximate surface area is 195 Å². The fourth-order valence-electron chi connectivity index (χ4n) is 3.50. The van der Waals surface area contributed by atoms with Gasteiger partial charge in [0.25, 0.3) is 5.91 Å². The highest BCUT2D eigenvalue weighted by Crippen LogP contribution is 2.19. The summed E-state index contributed by atoms with van der Waals surface area (Å²) in [7, 11) is -3.73. The standard InChI is InChI=1S/C24H31N3O5S/c1-17(2)22(24(29)25-16-19-9-7-18(3)8-10-19)26-23(28)20-5-4-6-21(15-20)33(30,31)27-11-13-32-14-12-27/h4-10,15,17,22H,11-14,16H2,1-3H3,(H,25,29)(H,26,28)/t22-/m0/s1. The number of sulfonamides is 1. The van der Waals surface area contributed by atoms with Crippen molar-refractivity contribution in [3.8, 4) is 0 Å². The van der Waals surface area contributed by atoms with Crippen molar-refractivity contribution in [2.75, 3.05) is 26.3 Å². The van der Waals surface area contributed by atoms with Crippen molar-refractivity contribution in [3.63, 3.8) is 0 Å². The Bertz CT molecular complexity index is 1080. The Morgan fingerprint density at radius 1 is 1.06 bits per heavy atom. The summed E-state index contributed by atoms with van der Waals surface area (Å²) < 4.78 is 32.4. The third-order valence-corrected chi connectivity index (χ3v) is 7.42. The summed E-state index contributed by atoms with van der Waals surface area (Å²) in [5.41, 5.74) is 2.28. The van der Waals surface area contributed by atoms with Crippen molar-refractivity contribution in [1.82, 2.24) is 14.9 Å². The van der Waals surface area contributed by atoms with Gasteiger partial charge in [0.2, 0.25) is 15.9 Å². The lowest BCUT2D eigenvalue weighted by molar-refractivity contribution is -0.124. The molecule has 9 heteroatoms. The summed E-state index contributed by atoms with van der Waals surface area (Å²) in [5.74, 6) is -0.957. The first-order chi connectivity index (χ1) is 15.7. The lowest BCUT2D eigenvalue weighted by Gasteiger charge is -2.26. The zero-order chi connectivity index (χ0) is 24.0. The molecule has 2 amide bonds. The SMILES string of the molecule is Cc1ccc(CNC(=O)[C@@H](NC(=O)c2cccc(S(=O)(=O)N3CCOCC3)c2)C(C)C)cc1. The Kier molecular flexibility index (Phi) is 8.23. The number of rotatable bonds is 8. The first-order valence-electron chi connectivity index (χ1n) is 11.0. The van der Waals surface area contributed by atoms with Gasteiger partial charge in [-0.15, -0.1) is 0 Å². The van der Waals surface area contributed by atoms with Gasteiger partial charge in [-0.25, -0.2) is 8.42 Å². The Hall–Kier alpha value is -2.75. The number of amides is 2. The van der Waals surface area contributed by atoms with E-state index in [1.807, 2.05) is 45.0 Å². The van der Waals surface area contributed by atoms with Gasteiger partial charge in [-0.2, -0.15) is 4.31 Å². The number of carbonyl (C=O) groups excluding carboxylic acids is 2. The van der Waals surface area contributed by atoms with E-state index in [0.717, 1.165) is 11.1 Å². The fraction of sp³-hybridized carbons (Fsp3) is 0.417. The van der Waals surface area contributed by atoms with Gasteiger partial charge in [-0.05, 0) is 36.6 Å². The van der Waals surface area contributed by atoms with Crippen LogP contribution in [0.3, 0.4) is 0 Å². The molecule has 1 atom stereocenters. The smallest absolute Gasteiger partial charge is 0.251 e. The average molecular weight is 474 g/mol. The molecule has 0 saturated carbocycles. The average Bonchev–Trinajstić information content (AvgIpc) is 2.82. The van der Waals surface area contributed by atoms with Crippen LogP contribution in [0.1, 0.15) is 35.3 Å². The zero-order valence-electron chi connectivity index (χ0n) is 19.2. The molecule has 33 heavy (non-hydrogen) atoms. The second-order valence-corrected chi connectivity index (χ2v) is 10.4. The first-order valence-corrected chi connectivity index (χ1v) is 12.4. The van der Waals surface area contributed by atoms with Crippen molar-refractivity contribution in [3.05, 3.63) is 65.2 Å².